The molecule has 1 aromatic carbocycles. The van der Waals surface area contributed by atoms with Crippen molar-refractivity contribution in [1.29, 1.82) is 0 Å². The third-order valence-corrected chi connectivity index (χ3v) is 2.75. The zero-order chi connectivity index (χ0) is 11.4. The number of alkyl carbamates (subject to hydrolysis) is 1. The van der Waals surface area contributed by atoms with E-state index < -0.39 is 12.2 Å². The van der Waals surface area contributed by atoms with Crippen LogP contribution in [0.4, 0.5) is 4.79 Å². The van der Waals surface area contributed by atoms with E-state index in [4.69, 9.17) is 4.74 Å². The molecular formula is C12H15NO3. The van der Waals surface area contributed by atoms with Crippen molar-refractivity contribution in [2.75, 3.05) is 0 Å². The monoisotopic (exact) mass is 221 g/mol. The van der Waals surface area contributed by atoms with Gasteiger partial charge in [-0.3, -0.25) is 0 Å². The molecule has 2 N–H and O–H groups in total. The minimum absolute atomic E-state index is 0.136. The Kier molecular flexibility index (Phi) is 3.41. The molecule has 2 atom stereocenters. The molecule has 16 heavy (non-hydrogen) atoms. The van der Waals surface area contributed by atoms with Gasteiger partial charge in [-0.05, 0) is 18.4 Å². The number of benzene rings is 1. The Morgan fingerprint density at radius 2 is 2.12 bits per heavy atom. The Morgan fingerprint density at radius 3 is 2.69 bits per heavy atom. The van der Waals surface area contributed by atoms with Crippen LogP contribution in [-0.4, -0.2) is 23.3 Å². The molecule has 4 nitrogen and oxygen atoms in total. The van der Waals surface area contributed by atoms with Gasteiger partial charge in [-0.2, -0.15) is 0 Å². The Labute approximate surface area is 94.2 Å². The fraction of sp³-hybridized carbons (Fsp3) is 0.417. The van der Waals surface area contributed by atoms with Gasteiger partial charge in [-0.1, -0.05) is 30.3 Å². The van der Waals surface area contributed by atoms with Gasteiger partial charge < -0.3 is 15.2 Å². The summed E-state index contributed by atoms with van der Waals surface area (Å²) in [5.41, 5.74) is 0.951. The van der Waals surface area contributed by atoms with Crippen molar-refractivity contribution in [3.63, 3.8) is 0 Å². The number of hydrogen-bond donors (Lipinski definition) is 2. The van der Waals surface area contributed by atoms with E-state index >= 15 is 0 Å². The summed E-state index contributed by atoms with van der Waals surface area (Å²) in [6.45, 7) is 0.259. The molecule has 0 bridgehead atoms. The number of nitrogens with one attached hydrogen (secondary N) is 1. The number of amides is 1. The highest BCUT2D eigenvalue weighted by Gasteiger charge is 2.30. The molecule has 1 aliphatic rings. The molecule has 4 heteroatoms. The van der Waals surface area contributed by atoms with Gasteiger partial charge in [0.2, 0.25) is 0 Å². The first kappa shape index (κ1) is 11.0. The molecule has 86 valence electrons. The Morgan fingerprint density at radius 1 is 1.38 bits per heavy atom. The predicted molar refractivity (Wildman–Crippen MR) is 58.8 cm³/mol. The highest BCUT2D eigenvalue weighted by atomic mass is 16.5. The van der Waals surface area contributed by atoms with E-state index in [2.05, 4.69) is 5.32 Å². The van der Waals surface area contributed by atoms with Crippen molar-refractivity contribution in [1.82, 2.24) is 5.32 Å². The first-order chi connectivity index (χ1) is 7.75. The maximum absolute atomic E-state index is 11.3. The second-order valence-corrected chi connectivity index (χ2v) is 3.96. The average molecular weight is 221 g/mol. The lowest BCUT2D eigenvalue weighted by Gasteiger charge is -2.32. The van der Waals surface area contributed by atoms with Gasteiger partial charge in [0.25, 0.3) is 0 Å². The number of ether oxygens (including phenoxy) is 1. The molecule has 1 amide bonds. The second-order valence-electron chi connectivity index (χ2n) is 3.96. The van der Waals surface area contributed by atoms with Gasteiger partial charge in [-0.15, -0.1) is 0 Å². The average Bonchev–Trinajstić information content (AvgIpc) is 2.33. The summed E-state index contributed by atoms with van der Waals surface area (Å²) in [7, 11) is 0. The third kappa shape index (κ3) is 2.73. The molecular weight excluding hydrogens is 206 g/mol. The maximum Gasteiger partial charge on any atom is 0.407 e. The minimum atomic E-state index is -0.465. The third-order valence-electron chi connectivity index (χ3n) is 2.75. The molecule has 2 rings (SSSR count). The zero-order valence-corrected chi connectivity index (χ0v) is 8.93. The van der Waals surface area contributed by atoms with Crippen LogP contribution in [0.3, 0.4) is 0 Å². The van der Waals surface area contributed by atoms with Crippen molar-refractivity contribution in [3.05, 3.63) is 35.9 Å². The number of carbonyl (C=O) groups excluding carboxylic acids is 1. The van der Waals surface area contributed by atoms with Crippen molar-refractivity contribution < 1.29 is 14.6 Å². The molecule has 0 aliphatic heterocycles. The number of hydrogen-bond acceptors (Lipinski definition) is 3. The van der Waals surface area contributed by atoms with Gasteiger partial charge in [0, 0.05) is 0 Å². The maximum atomic E-state index is 11.3. The van der Waals surface area contributed by atoms with E-state index in [1.54, 1.807) is 0 Å². The lowest BCUT2D eigenvalue weighted by Crippen LogP contribution is -2.50. The molecule has 0 saturated heterocycles. The van der Waals surface area contributed by atoms with E-state index in [-0.39, 0.29) is 12.6 Å². The molecule has 1 aromatic rings. The quantitative estimate of drug-likeness (QED) is 0.811. The number of aliphatic hydroxyl groups is 1. The topological polar surface area (TPSA) is 58.6 Å². The summed E-state index contributed by atoms with van der Waals surface area (Å²) in [5.74, 6) is 0. The Bertz CT molecular complexity index is 353. The summed E-state index contributed by atoms with van der Waals surface area (Å²) < 4.78 is 5.02. The molecule has 0 spiro atoms. The largest absolute Gasteiger partial charge is 0.445 e. The van der Waals surface area contributed by atoms with Crippen molar-refractivity contribution in [2.24, 2.45) is 0 Å². The predicted octanol–water partition coefficient (Wildman–Crippen LogP) is 1.44. The van der Waals surface area contributed by atoms with Crippen LogP contribution in [0.1, 0.15) is 18.4 Å². The van der Waals surface area contributed by atoms with Crippen LogP contribution in [-0.2, 0) is 11.3 Å². The molecule has 1 aliphatic carbocycles. The van der Waals surface area contributed by atoms with E-state index in [1.807, 2.05) is 30.3 Å². The van der Waals surface area contributed by atoms with E-state index in [1.165, 1.54) is 0 Å². The standard InChI is InChI=1S/C12H15NO3/c14-11-7-6-10(11)13-12(15)16-8-9-4-2-1-3-5-9/h1-5,10-11,14H,6-8H2,(H,13,15)/t10-,11-/m1/s1. The van der Waals surface area contributed by atoms with E-state index in [0.29, 0.717) is 0 Å². The van der Waals surface area contributed by atoms with Gasteiger partial charge >= 0.3 is 6.09 Å². The molecule has 0 aromatic heterocycles. The molecule has 0 heterocycles. The van der Waals surface area contributed by atoms with Crippen LogP contribution in [0, 0.1) is 0 Å². The Hall–Kier alpha value is -1.55. The summed E-state index contributed by atoms with van der Waals surface area (Å²) >= 11 is 0. The number of aliphatic hydroxyl groups excluding tert-OH is 1. The van der Waals surface area contributed by atoms with Gasteiger partial charge in [0.1, 0.15) is 6.61 Å². The first-order valence-corrected chi connectivity index (χ1v) is 5.41. The normalized spacial score (nSPS) is 23.3. The number of carbonyl (C=O) groups is 1. The minimum Gasteiger partial charge on any atom is -0.445 e. The SMILES string of the molecule is O=C(N[C@@H]1CC[C@H]1O)OCc1ccccc1. The molecule has 0 radical (unpaired) electrons. The zero-order valence-electron chi connectivity index (χ0n) is 8.93. The first-order valence-electron chi connectivity index (χ1n) is 5.41. The van der Waals surface area contributed by atoms with Crippen molar-refractivity contribution in [2.45, 2.75) is 31.6 Å². The van der Waals surface area contributed by atoms with Crippen LogP contribution < -0.4 is 5.32 Å². The fourth-order valence-corrected chi connectivity index (χ4v) is 1.57. The molecule has 1 fully saturated rings. The van der Waals surface area contributed by atoms with Crippen LogP contribution >= 0.6 is 0 Å². The summed E-state index contributed by atoms with van der Waals surface area (Å²) in [4.78, 5) is 11.3. The van der Waals surface area contributed by atoms with E-state index in [0.717, 1.165) is 18.4 Å². The van der Waals surface area contributed by atoms with Crippen LogP contribution in [0.25, 0.3) is 0 Å². The second kappa shape index (κ2) is 4.99. The van der Waals surface area contributed by atoms with Gasteiger partial charge in [0.05, 0.1) is 12.1 Å². The highest BCUT2D eigenvalue weighted by molar-refractivity contribution is 5.67. The summed E-state index contributed by atoms with van der Waals surface area (Å²) in [5, 5.41) is 11.9. The molecule has 1 saturated carbocycles. The lowest BCUT2D eigenvalue weighted by atomic mass is 9.89. The van der Waals surface area contributed by atoms with E-state index in [9.17, 15) is 9.90 Å². The summed E-state index contributed by atoms with van der Waals surface area (Å²) in [6.07, 6.45) is 0.697. The van der Waals surface area contributed by atoms with Crippen LogP contribution in [0.15, 0.2) is 30.3 Å². The van der Waals surface area contributed by atoms with Gasteiger partial charge in [0.15, 0.2) is 0 Å². The molecule has 0 unspecified atom stereocenters. The van der Waals surface area contributed by atoms with Crippen LogP contribution in [0.2, 0.25) is 0 Å². The number of rotatable bonds is 3. The lowest BCUT2D eigenvalue weighted by molar-refractivity contribution is 0.0440. The smallest absolute Gasteiger partial charge is 0.407 e. The van der Waals surface area contributed by atoms with Crippen molar-refractivity contribution >= 4 is 6.09 Å². The summed E-state index contributed by atoms with van der Waals surface area (Å²) in [6, 6.07) is 9.35. The van der Waals surface area contributed by atoms with Gasteiger partial charge in [-0.25, -0.2) is 4.79 Å². The highest BCUT2D eigenvalue weighted by Crippen LogP contribution is 2.19. The van der Waals surface area contributed by atoms with Crippen molar-refractivity contribution in [3.8, 4) is 0 Å². The van der Waals surface area contributed by atoms with Crippen LogP contribution in [0.5, 0.6) is 0 Å². The Balaban J connectivity index is 1.72. The fourth-order valence-electron chi connectivity index (χ4n) is 1.57.